The van der Waals surface area contributed by atoms with Crippen LogP contribution in [0, 0.1) is 11.3 Å². The lowest BCUT2D eigenvalue weighted by Crippen LogP contribution is -2.45. The fraction of sp³-hybridized carbons (Fsp3) is 0.438. The minimum atomic E-state index is -0.854. The normalized spacial score (nSPS) is 12.0. The fourth-order valence-corrected chi connectivity index (χ4v) is 1.74. The van der Waals surface area contributed by atoms with Crippen molar-refractivity contribution in [2.75, 3.05) is 7.11 Å². The van der Waals surface area contributed by atoms with Crippen LogP contribution in [0.3, 0.4) is 0 Å². The maximum Gasteiger partial charge on any atom is 0.408 e. The maximum atomic E-state index is 11.8. The topological polar surface area (TPSA) is 88.4 Å². The quantitative estimate of drug-likeness (QED) is 0.523. The molecule has 1 N–H and O–H groups in total. The maximum absolute atomic E-state index is 11.8. The predicted molar refractivity (Wildman–Crippen MR) is 80.0 cm³/mol. The Morgan fingerprint density at radius 1 is 1.27 bits per heavy atom. The van der Waals surface area contributed by atoms with Crippen LogP contribution in [0.15, 0.2) is 24.3 Å². The van der Waals surface area contributed by atoms with Crippen molar-refractivity contribution in [3.05, 3.63) is 35.4 Å². The molecule has 0 aromatic heterocycles. The highest BCUT2D eigenvalue weighted by atomic mass is 16.6. The summed E-state index contributed by atoms with van der Waals surface area (Å²) in [7, 11) is 1.25. The Balaban J connectivity index is 2.78. The highest BCUT2D eigenvalue weighted by molar-refractivity contribution is 5.81. The first-order valence-corrected chi connectivity index (χ1v) is 6.81. The van der Waals surface area contributed by atoms with Gasteiger partial charge in [-0.05, 0) is 38.5 Å². The summed E-state index contributed by atoms with van der Waals surface area (Å²) in [5, 5.41) is 11.3. The average Bonchev–Trinajstić information content (AvgIpc) is 2.44. The van der Waals surface area contributed by atoms with Gasteiger partial charge in [-0.15, -0.1) is 0 Å². The van der Waals surface area contributed by atoms with E-state index in [2.05, 4.69) is 5.32 Å². The molecule has 0 bridgehead atoms. The van der Waals surface area contributed by atoms with E-state index in [4.69, 9.17) is 14.7 Å². The zero-order valence-corrected chi connectivity index (χ0v) is 13.2. The first-order valence-electron chi connectivity index (χ1n) is 6.81. The standard InChI is InChI=1S/C16H20N2O4/c1-16(2,3)22-15(20)18-13(14(19)21-4)9-11-5-7-12(10-17)8-6-11/h5-8,13H,9H2,1-4H3,(H,18,20)/t13-/m0/s1/i10+1,17+1. The van der Waals surface area contributed by atoms with Gasteiger partial charge in [0.05, 0.1) is 18.7 Å². The van der Waals surface area contributed by atoms with Gasteiger partial charge in [-0.1, -0.05) is 12.1 Å². The number of rotatable bonds is 4. The number of benzene rings is 1. The molecule has 1 aromatic rings. The van der Waals surface area contributed by atoms with E-state index in [-0.39, 0.29) is 6.42 Å². The molecular formula is C16H20N2O4. The van der Waals surface area contributed by atoms with Gasteiger partial charge >= 0.3 is 12.1 Å². The number of nitrogens with zero attached hydrogens (tertiary/aromatic N) is 1. The average molecular weight is 306 g/mol. The Morgan fingerprint density at radius 3 is 2.32 bits per heavy atom. The van der Waals surface area contributed by atoms with Crippen molar-refractivity contribution in [2.45, 2.75) is 38.8 Å². The largest absolute Gasteiger partial charge is 0.467 e. The summed E-state index contributed by atoms with van der Waals surface area (Å²) in [4.78, 5) is 23.6. The highest BCUT2D eigenvalue weighted by Gasteiger charge is 2.25. The lowest BCUT2D eigenvalue weighted by Gasteiger charge is -2.22. The highest BCUT2D eigenvalue weighted by Crippen LogP contribution is 2.10. The van der Waals surface area contributed by atoms with Gasteiger partial charge < -0.3 is 14.8 Å². The number of nitriles is 1. The Kier molecular flexibility index (Phi) is 5.93. The SMILES string of the molecule is COC(=O)[C@H](Cc1ccc([13C]#[15N])cc1)NC(=O)OC(C)(C)C. The van der Waals surface area contributed by atoms with Crippen molar-refractivity contribution >= 4 is 12.1 Å². The third-order valence-electron chi connectivity index (χ3n) is 2.70. The molecule has 0 unspecified atom stereocenters. The number of hydrogen-bond donors (Lipinski definition) is 1. The van der Waals surface area contributed by atoms with Gasteiger partial charge in [-0.3, -0.25) is 0 Å². The van der Waals surface area contributed by atoms with E-state index in [1.807, 2.05) is 6.07 Å². The number of methoxy groups -OCH3 is 1. The van der Waals surface area contributed by atoms with E-state index in [1.165, 1.54) is 7.11 Å². The Morgan fingerprint density at radius 2 is 1.86 bits per heavy atom. The van der Waals surface area contributed by atoms with Crippen LogP contribution >= 0.6 is 0 Å². The van der Waals surface area contributed by atoms with Crippen LogP contribution in [-0.2, 0) is 20.7 Å². The minimum absolute atomic E-state index is 0.248. The fourth-order valence-electron chi connectivity index (χ4n) is 1.74. The molecule has 1 rings (SSSR count). The van der Waals surface area contributed by atoms with Gasteiger partial charge in [0.15, 0.2) is 0 Å². The second-order valence-electron chi connectivity index (χ2n) is 5.73. The molecule has 0 radical (unpaired) electrons. The van der Waals surface area contributed by atoms with E-state index >= 15 is 0 Å². The summed E-state index contributed by atoms with van der Waals surface area (Å²) in [5.74, 6) is -0.560. The molecule has 118 valence electrons. The molecule has 0 aliphatic heterocycles. The molecule has 1 aromatic carbocycles. The van der Waals surface area contributed by atoms with E-state index in [1.54, 1.807) is 45.0 Å². The molecule has 0 aliphatic rings. The third-order valence-corrected chi connectivity index (χ3v) is 2.70. The van der Waals surface area contributed by atoms with Crippen LogP contribution in [0.1, 0.15) is 31.9 Å². The molecule has 0 aliphatic carbocycles. The van der Waals surface area contributed by atoms with Crippen molar-refractivity contribution < 1.29 is 19.1 Å². The molecule has 0 heterocycles. The molecule has 0 fully saturated rings. The zero-order valence-electron chi connectivity index (χ0n) is 13.2. The van der Waals surface area contributed by atoms with Crippen LogP contribution in [0.25, 0.3) is 0 Å². The minimum Gasteiger partial charge on any atom is -0.467 e. The Labute approximate surface area is 130 Å². The van der Waals surface area contributed by atoms with E-state index in [0.29, 0.717) is 5.56 Å². The summed E-state index contributed by atoms with van der Waals surface area (Å²) in [5.41, 5.74) is 0.670. The van der Waals surface area contributed by atoms with E-state index < -0.39 is 23.7 Å². The number of hydrogen-bond acceptors (Lipinski definition) is 5. The van der Waals surface area contributed by atoms with Gasteiger partial charge in [0.2, 0.25) is 0 Å². The molecule has 1 atom stereocenters. The summed E-state index contributed by atoms with van der Waals surface area (Å²) >= 11 is 0. The van der Waals surface area contributed by atoms with Crippen molar-refractivity contribution in [2.24, 2.45) is 0 Å². The predicted octanol–water partition coefficient (Wildman–Crippen LogP) is 2.17. The van der Waals surface area contributed by atoms with Gasteiger partial charge in [0, 0.05) is 6.42 Å². The van der Waals surface area contributed by atoms with E-state index in [9.17, 15) is 9.59 Å². The van der Waals surface area contributed by atoms with Gasteiger partial charge in [-0.2, -0.15) is 5.26 Å². The number of ether oxygens (including phenoxy) is 2. The number of esters is 1. The molecule has 22 heavy (non-hydrogen) atoms. The van der Waals surface area contributed by atoms with Crippen LogP contribution < -0.4 is 5.32 Å². The summed E-state index contributed by atoms with van der Waals surface area (Å²) in [6.45, 7) is 5.21. The molecule has 0 saturated heterocycles. The lowest BCUT2D eigenvalue weighted by atomic mass is 10.1. The molecule has 6 nitrogen and oxygen atoms in total. The second-order valence-corrected chi connectivity index (χ2v) is 5.73. The van der Waals surface area contributed by atoms with Crippen LogP contribution in [0.5, 0.6) is 0 Å². The Hall–Kier alpha value is -2.55. The van der Waals surface area contributed by atoms with Crippen molar-refractivity contribution in [1.82, 2.24) is 5.32 Å². The van der Waals surface area contributed by atoms with Crippen LogP contribution in [-0.4, -0.2) is 30.8 Å². The third kappa shape index (κ3) is 5.83. The smallest absolute Gasteiger partial charge is 0.408 e. The number of carbonyl (C=O) groups excluding carboxylic acids is 2. The van der Waals surface area contributed by atoms with Crippen molar-refractivity contribution in [3.63, 3.8) is 0 Å². The molecule has 6 heteroatoms. The van der Waals surface area contributed by atoms with Gasteiger partial charge in [0.1, 0.15) is 11.6 Å². The number of nitrogens with one attached hydrogen (secondary N) is 1. The van der Waals surface area contributed by atoms with Crippen LogP contribution in [0.2, 0.25) is 0 Å². The first kappa shape index (κ1) is 17.5. The number of amides is 1. The monoisotopic (exact) mass is 306 g/mol. The van der Waals surface area contributed by atoms with Gasteiger partial charge in [-0.25, -0.2) is 9.59 Å². The molecule has 0 spiro atoms. The molecular weight excluding hydrogens is 286 g/mol. The number of alkyl carbamates (subject to hydrolysis) is 1. The summed E-state index contributed by atoms with van der Waals surface area (Å²) in [6.07, 6.45) is -0.436. The van der Waals surface area contributed by atoms with Crippen molar-refractivity contribution in [1.29, 1.82) is 5.26 Å². The van der Waals surface area contributed by atoms with Crippen LogP contribution in [0.4, 0.5) is 4.79 Å². The summed E-state index contributed by atoms with van der Waals surface area (Å²) < 4.78 is 9.84. The molecule has 1 amide bonds. The van der Waals surface area contributed by atoms with Crippen molar-refractivity contribution in [3.8, 4) is 6.07 Å². The zero-order chi connectivity index (χ0) is 16.8. The Bertz CT molecular complexity index is 567. The molecule has 0 saturated carbocycles. The number of carbonyl (C=O) groups is 2. The second kappa shape index (κ2) is 7.46. The van der Waals surface area contributed by atoms with Gasteiger partial charge in [0.25, 0.3) is 0 Å². The lowest BCUT2D eigenvalue weighted by molar-refractivity contribution is -0.143. The van der Waals surface area contributed by atoms with E-state index in [0.717, 1.165) is 5.56 Å². The first-order chi connectivity index (χ1) is 10.2. The summed E-state index contributed by atoms with van der Waals surface area (Å²) in [6, 6.07) is 7.92.